The first-order chi connectivity index (χ1) is 8.91. The Bertz CT molecular complexity index is 316. The number of nitrogens with zero attached hydrogens (tertiary/aromatic N) is 1. The molecule has 0 bridgehead atoms. The number of amides is 2. The molecule has 0 heterocycles. The predicted octanol–water partition coefficient (Wildman–Crippen LogP) is 2.32. The summed E-state index contributed by atoms with van der Waals surface area (Å²) in [4.78, 5) is 24.1. The molecule has 1 saturated carbocycles. The molecule has 0 aliphatic heterocycles. The van der Waals surface area contributed by atoms with E-state index in [1.165, 1.54) is 12.8 Å². The molecule has 5 heteroatoms. The first kappa shape index (κ1) is 15.8. The molecule has 1 rings (SSSR count). The summed E-state index contributed by atoms with van der Waals surface area (Å²) >= 11 is 0. The quantitative estimate of drug-likeness (QED) is 0.711. The van der Waals surface area contributed by atoms with Crippen LogP contribution in [-0.2, 0) is 4.79 Å². The first-order valence-corrected chi connectivity index (χ1v) is 7.14. The van der Waals surface area contributed by atoms with E-state index in [9.17, 15) is 9.59 Å². The van der Waals surface area contributed by atoms with Gasteiger partial charge in [-0.25, -0.2) is 4.79 Å². The number of hydrogen-bond acceptors (Lipinski definition) is 2. The van der Waals surface area contributed by atoms with Crippen molar-refractivity contribution in [3.63, 3.8) is 0 Å². The lowest BCUT2D eigenvalue weighted by molar-refractivity contribution is -0.137. The second-order valence-electron chi connectivity index (χ2n) is 5.75. The van der Waals surface area contributed by atoms with Gasteiger partial charge in [-0.15, -0.1) is 0 Å². The molecule has 19 heavy (non-hydrogen) atoms. The van der Waals surface area contributed by atoms with Gasteiger partial charge in [0.1, 0.15) is 0 Å². The zero-order valence-electron chi connectivity index (χ0n) is 12.2. The van der Waals surface area contributed by atoms with E-state index >= 15 is 0 Å². The number of carbonyl (C=O) groups is 2. The van der Waals surface area contributed by atoms with E-state index in [1.807, 2.05) is 14.0 Å². The Morgan fingerprint density at radius 1 is 1.32 bits per heavy atom. The number of carboxylic acid groups (broad SMARTS) is 1. The normalized spacial score (nSPS) is 17.6. The Labute approximate surface area is 115 Å². The van der Waals surface area contributed by atoms with Gasteiger partial charge in [0.2, 0.25) is 0 Å². The SMILES string of the molecule is CC(CCNC(=O)N(C)C(C)C1CC1)CCC(=O)O. The molecular weight excluding hydrogens is 244 g/mol. The minimum absolute atomic E-state index is 0.0233. The lowest BCUT2D eigenvalue weighted by Crippen LogP contribution is -2.43. The maximum atomic E-state index is 11.9. The van der Waals surface area contributed by atoms with E-state index in [2.05, 4.69) is 12.2 Å². The highest BCUT2D eigenvalue weighted by Gasteiger charge is 2.32. The number of aliphatic carboxylic acids is 1. The fourth-order valence-corrected chi connectivity index (χ4v) is 2.14. The lowest BCUT2D eigenvalue weighted by atomic mass is 10.0. The Kier molecular flexibility index (Phi) is 6.12. The summed E-state index contributed by atoms with van der Waals surface area (Å²) in [5, 5.41) is 11.5. The molecule has 2 N–H and O–H groups in total. The molecule has 0 saturated heterocycles. The fraction of sp³-hybridized carbons (Fsp3) is 0.857. The summed E-state index contributed by atoms with van der Waals surface area (Å²) in [5.41, 5.74) is 0. The largest absolute Gasteiger partial charge is 0.481 e. The molecule has 2 amide bonds. The first-order valence-electron chi connectivity index (χ1n) is 7.14. The molecule has 2 atom stereocenters. The van der Waals surface area contributed by atoms with Crippen LogP contribution < -0.4 is 5.32 Å². The fourth-order valence-electron chi connectivity index (χ4n) is 2.14. The van der Waals surface area contributed by atoms with Gasteiger partial charge in [0.05, 0.1) is 0 Å². The zero-order valence-corrected chi connectivity index (χ0v) is 12.2. The van der Waals surface area contributed by atoms with Crippen LogP contribution in [0.1, 0.15) is 46.0 Å². The Morgan fingerprint density at radius 3 is 2.47 bits per heavy atom. The van der Waals surface area contributed by atoms with Crippen molar-refractivity contribution in [1.29, 1.82) is 0 Å². The summed E-state index contributed by atoms with van der Waals surface area (Å²) in [6.45, 7) is 4.72. The van der Waals surface area contributed by atoms with Crippen molar-refractivity contribution in [3.8, 4) is 0 Å². The van der Waals surface area contributed by atoms with Crippen LogP contribution in [0.3, 0.4) is 0 Å². The molecule has 0 radical (unpaired) electrons. The zero-order chi connectivity index (χ0) is 14.4. The molecule has 1 aliphatic carbocycles. The summed E-state index contributed by atoms with van der Waals surface area (Å²) in [6, 6.07) is 0.286. The minimum Gasteiger partial charge on any atom is -0.481 e. The highest BCUT2D eigenvalue weighted by molar-refractivity contribution is 5.74. The second-order valence-corrected chi connectivity index (χ2v) is 5.75. The van der Waals surface area contributed by atoms with E-state index < -0.39 is 5.97 Å². The average Bonchev–Trinajstić information content (AvgIpc) is 3.18. The number of nitrogens with one attached hydrogen (secondary N) is 1. The van der Waals surface area contributed by atoms with Crippen molar-refractivity contribution < 1.29 is 14.7 Å². The van der Waals surface area contributed by atoms with Gasteiger partial charge < -0.3 is 15.3 Å². The number of rotatable bonds is 8. The molecule has 1 aliphatic rings. The van der Waals surface area contributed by atoms with Crippen LogP contribution in [0.2, 0.25) is 0 Å². The van der Waals surface area contributed by atoms with Gasteiger partial charge >= 0.3 is 12.0 Å². The van der Waals surface area contributed by atoms with Crippen molar-refractivity contribution in [2.75, 3.05) is 13.6 Å². The van der Waals surface area contributed by atoms with Crippen LogP contribution >= 0.6 is 0 Å². The molecular formula is C14H26N2O3. The smallest absolute Gasteiger partial charge is 0.317 e. The standard InChI is InChI=1S/C14H26N2O3/c1-10(4-7-13(17)18)8-9-15-14(19)16(3)11(2)12-5-6-12/h10-12H,4-9H2,1-3H3,(H,15,19)(H,17,18). The van der Waals surface area contributed by atoms with Crippen LogP contribution in [0, 0.1) is 11.8 Å². The van der Waals surface area contributed by atoms with Crippen molar-refractivity contribution >= 4 is 12.0 Å². The number of urea groups is 1. The Morgan fingerprint density at radius 2 is 1.95 bits per heavy atom. The number of carboxylic acids is 1. The van der Waals surface area contributed by atoms with E-state index in [0.29, 0.717) is 30.8 Å². The molecule has 0 aromatic rings. The predicted molar refractivity (Wildman–Crippen MR) is 74.0 cm³/mol. The van der Waals surface area contributed by atoms with Crippen LogP contribution in [0.25, 0.3) is 0 Å². The summed E-state index contributed by atoms with van der Waals surface area (Å²) in [5.74, 6) is 0.238. The Balaban J connectivity index is 2.13. The summed E-state index contributed by atoms with van der Waals surface area (Å²) in [6.07, 6.45) is 4.15. The summed E-state index contributed by atoms with van der Waals surface area (Å²) < 4.78 is 0. The Hall–Kier alpha value is -1.26. The topological polar surface area (TPSA) is 69.6 Å². The van der Waals surface area contributed by atoms with Crippen LogP contribution in [-0.4, -0.2) is 41.6 Å². The average molecular weight is 270 g/mol. The molecule has 5 nitrogen and oxygen atoms in total. The highest BCUT2D eigenvalue weighted by Crippen LogP contribution is 2.34. The third kappa shape index (κ3) is 5.94. The molecule has 1 fully saturated rings. The molecule has 0 aromatic heterocycles. The third-order valence-corrected chi connectivity index (χ3v) is 4.00. The van der Waals surface area contributed by atoms with Gasteiger partial charge in [0.15, 0.2) is 0 Å². The van der Waals surface area contributed by atoms with Gasteiger partial charge in [-0.3, -0.25) is 4.79 Å². The molecule has 110 valence electrons. The van der Waals surface area contributed by atoms with E-state index in [1.54, 1.807) is 4.90 Å². The third-order valence-electron chi connectivity index (χ3n) is 4.00. The minimum atomic E-state index is -0.756. The molecule has 2 unspecified atom stereocenters. The number of carbonyl (C=O) groups excluding carboxylic acids is 1. The monoisotopic (exact) mass is 270 g/mol. The van der Waals surface area contributed by atoms with Gasteiger partial charge in [0.25, 0.3) is 0 Å². The maximum absolute atomic E-state index is 11.9. The van der Waals surface area contributed by atoms with E-state index in [0.717, 1.165) is 6.42 Å². The number of hydrogen-bond donors (Lipinski definition) is 2. The molecule has 0 aromatic carbocycles. The van der Waals surface area contributed by atoms with Gasteiger partial charge in [-0.05, 0) is 44.4 Å². The van der Waals surface area contributed by atoms with Crippen molar-refractivity contribution in [2.45, 2.75) is 52.0 Å². The van der Waals surface area contributed by atoms with Crippen molar-refractivity contribution in [3.05, 3.63) is 0 Å². The van der Waals surface area contributed by atoms with Gasteiger partial charge in [-0.2, -0.15) is 0 Å². The van der Waals surface area contributed by atoms with Gasteiger partial charge in [0, 0.05) is 26.1 Å². The van der Waals surface area contributed by atoms with E-state index in [4.69, 9.17) is 5.11 Å². The summed E-state index contributed by atoms with van der Waals surface area (Å²) in [7, 11) is 1.84. The van der Waals surface area contributed by atoms with E-state index in [-0.39, 0.29) is 12.5 Å². The maximum Gasteiger partial charge on any atom is 0.317 e. The van der Waals surface area contributed by atoms with Gasteiger partial charge in [-0.1, -0.05) is 6.92 Å². The van der Waals surface area contributed by atoms with Crippen molar-refractivity contribution in [2.24, 2.45) is 11.8 Å². The van der Waals surface area contributed by atoms with Crippen LogP contribution in [0.5, 0.6) is 0 Å². The van der Waals surface area contributed by atoms with Crippen LogP contribution in [0.4, 0.5) is 4.79 Å². The highest BCUT2D eigenvalue weighted by atomic mass is 16.4. The lowest BCUT2D eigenvalue weighted by Gasteiger charge is -2.25. The van der Waals surface area contributed by atoms with Crippen LogP contribution in [0.15, 0.2) is 0 Å². The van der Waals surface area contributed by atoms with Crippen molar-refractivity contribution in [1.82, 2.24) is 10.2 Å². The second kappa shape index (κ2) is 7.36. The molecule has 0 spiro atoms.